The molecule has 0 saturated carbocycles. The van der Waals surface area contributed by atoms with Gasteiger partial charge in [-0.05, 0) is 107 Å². The van der Waals surface area contributed by atoms with Crippen molar-refractivity contribution in [2.24, 2.45) is 0 Å². The topological polar surface area (TPSA) is 53.0 Å². The highest BCUT2D eigenvalue weighted by Crippen LogP contribution is 2.46. The van der Waals surface area contributed by atoms with Crippen LogP contribution >= 0.6 is 0 Å². The lowest BCUT2D eigenvalue weighted by molar-refractivity contribution is -0.159. The van der Waals surface area contributed by atoms with Crippen LogP contribution < -0.4 is 9.80 Å². The van der Waals surface area contributed by atoms with Crippen LogP contribution in [0.4, 0.5) is 34.1 Å². The van der Waals surface area contributed by atoms with Crippen molar-refractivity contribution < 1.29 is 14.6 Å². The third-order valence-corrected chi connectivity index (χ3v) is 10.1. The second-order valence-corrected chi connectivity index (χ2v) is 13.6. The largest absolute Gasteiger partial charge is 0.425 e. The average Bonchev–Trinajstić information content (AvgIpc) is 3.22. The van der Waals surface area contributed by atoms with Gasteiger partial charge in [-0.15, -0.1) is 0 Å². The molecule has 1 unspecified atom stereocenters. The Balaban J connectivity index is 1.19. The molecule has 5 nitrogen and oxygen atoms in total. The number of hydrogen-bond donors (Lipinski definition) is 1. The third-order valence-electron chi connectivity index (χ3n) is 10.1. The van der Waals surface area contributed by atoms with Gasteiger partial charge < -0.3 is 19.6 Å². The molecule has 1 atom stereocenters. The molecule has 1 heterocycles. The first-order chi connectivity index (χ1) is 26.5. The third kappa shape index (κ3) is 5.87. The predicted octanol–water partition coefficient (Wildman–Crippen LogP) is 12.4. The molecule has 0 fully saturated rings. The summed E-state index contributed by atoms with van der Waals surface area (Å²) >= 11 is 0. The second-order valence-electron chi connectivity index (χ2n) is 13.6. The lowest BCUT2D eigenvalue weighted by atomic mass is 9.84. The molecular formula is C49H36N2O3. The first-order valence-electron chi connectivity index (χ1n) is 18.0. The summed E-state index contributed by atoms with van der Waals surface area (Å²) in [4.78, 5) is 17.8. The number of para-hydroxylation sites is 4. The maximum absolute atomic E-state index is 13.4. The Hall–Kier alpha value is -6.95. The summed E-state index contributed by atoms with van der Waals surface area (Å²) in [5, 5.41) is 13.0. The van der Waals surface area contributed by atoms with E-state index in [0.717, 1.165) is 61.8 Å². The molecule has 0 aliphatic carbocycles. The minimum Gasteiger partial charge on any atom is -0.425 e. The number of carbonyl (C=O) groups excluding carboxylic acids is 1. The minimum absolute atomic E-state index is 0.434. The first-order valence-corrected chi connectivity index (χ1v) is 18.0. The molecule has 0 amide bonds. The van der Waals surface area contributed by atoms with Crippen molar-refractivity contribution in [3.05, 3.63) is 205 Å². The molecule has 0 saturated heterocycles. The van der Waals surface area contributed by atoms with Crippen LogP contribution in [0.25, 0.3) is 33.0 Å². The van der Waals surface area contributed by atoms with Crippen LogP contribution in [0.1, 0.15) is 22.8 Å². The summed E-state index contributed by atoms with van der Waals surface area (Å²) < 4.78 is 5.54. The molecule has 9 rings (SSSR count). The van der Waals surface area contributed by atoms with E-state index in [0.29, 0.717) is 16.5 Å². The van der Waals surface area contributed by atoms with E-state index in [4.69, 9.17) is 4.74 Å². The number of esters is 1. The number of ether oxygens (including phenoxy) is 1. The van der Waals surface area contributed by atoms with Gasteiger partial charge in [0.15, 0.2) is 0 Å². The van der Waals surface area contributed by atoms with E-state index >= 15 is 0 Å². The second kappa shape index (κ2) is 13.6. The molecular weight excluding hydrogens is 665 g/mol. The van der Waals surface area contributed by atoms with Gasteiger partial charge in [0, 0.05) is 52.0 Å². The zero-order valence-corrected chi connectivity index (χ0v) is 29.6. The van der Waals surface area contributed by atoms with E-state index in [9.17, 15) is 9.90 Å². The molecule has 0 radical (unpaired) electrons. The molecule has 0 aromatic heterocycles. The fourth-order valence-corrected chi connectivity index (χ4v) is 7.61. The molecule has 1 aliphatic heterocycles. The van der Waals surface area contributed by atoms with Crippen LogP contribution in [0.2, 0.25) is 0 Å². The number of hydrogen-bond acceptors (Lipinski definition) is 5. The van der Waals surface area contributed by atoms with Gasteiger partial charge in [-0.25, -0.2) is 4.79 Å². The fraction of sp³-hybridized carbons (Fsp3) is 0.0408. The van der Waals surface area contributed by atoms with E-state index in [1.807, 2.05) is 97.1 Å². The molecule has 1 N–H and O–H groups in total. The Morgan fingerprint density at radius 3 is 1.13 bits per heavy atom. The maximum Gasteiger partial charge on any atom is 0.341 e. The molecule has 0 bridgehead atoms. The van der Waals surface area contributed by atoms with Crippen molar-refractivity contribution in [3.63, 3.8) is 0 Å². The number of rotatable bonds is 8. The molecule has 8 aromatic carbocycles. The van der Waals surface area contributed by atoms with Crippen LogP contribution in [0, 0.1) is 0 Å². The number of benzene rings is 8. The van der Waals surface area contributed by atoms with E-state index in [1.54, 1.807) is 0 Å². The highest BCUT2D eigenvalue weighted by Gasteiger charge is 2.38. The van der Waals surface area contributed by atoms with Crippen LogP contribution in [0.15, 0.2) is 194 Å². The molecule has 5 heteroatoms. The summed E-state index contributed by atoms with van der Waals surface area (Å²) in [5.41, 5.74) is 11.1. The number of carbonyl (C=O) groups is 1. The summed E-state index contributed by atoms with van der Waals surface area (Å²) in [6.07, 6.45) is 0. The van der Waals surface area contributed by atoms with E-state index in [-0.39, 0.29) is 0 Å². The molecule has 260 valence electrons. The molecule has 0 spiro atoms. The van der Waals surface area contributed by atoms with E-state index in [1.165, 1.54) is 6.92 Å². The lowest BCUT2D eigenvalue weighted by Gasteiger charge is -2.32. The van der Waals surface area contributed by atoms with E-state index in [2.05, 4.69) is 107 Å². The van der Waals surface area contributed by atoms with Crippen molar-refractivity contribution in [3.8, 4) is 22.3 Å². The molecule has 1 aliphatic rings. The van der Waals surface area contributed by atoms with Crippen molar-refractivity contribution in [1.82, 2.24) is 0 Å². The fourth-order valence-electron chi connectivity index (χ4n) is 7.61. The Bertz CT molecular complexity index is 2380. The Morgan fingerprint density at radius 1 is 0.407 bits per heavy atom. The number of aliphatic hydroxyl groups is 1. The lowest BCUT2D eigenvalue weighted by Crippen LogP contribution is -2.33. The van der Waals surface area contributed by atoms with Crippen LogP contribution in [0.3, 0.4) is 0 Å². The van der Waals surface area contributed by atoms with Crippen molar-refractivity contribution in [2.45, 2.75) is 12.7 Å². The van der Waals surface area contributed by atoms with Gasteiger partial charge in [0.05, 0.1) is 5.56 Å². The summed E-state index contributed by atoms with van der Waals surface area (Å²) in [7, 11) is 0. The quantitative estimate of drug-likeness (QED) is 0.160. The predicted molar refractivity (Wildman–Crippen MR) is 219 cm³/mol. The number of anilines is 6. The SMILES string of the molecule is CC1(O)OC(=O)c2ccc(-c3ccc(N(c4ccccc4)c4ccccc4)cc3)c3c(-c4ccc(N(c5ccccc5)c5ccccc5)cc4)ccc1c23. The standard InChI is InChI=1S/C49H36N2O3/c1-49(53)45-33-32-43(35-24-28-41(29-25-35)51(38-18-10-4-11-19-38)39-20-12-5-13-21-39)46-42(30-31-44(47(45)46)48(52)54-49)34-22-26-40(27-23-34)50(36-14-6-2-7-15-36)37-16-8-3-9-17-37/h2-33,53H,1H3. The van der Waals surface area contributed by atoms with Gasteiger partial charge >= 0.3 is 5.97 Å². The van der Waals surface area contributed by atoms with Gasteiger partial charge in [0.25, 0.3) is 0 Å². The Kier molecular flexibility index (Phi) is 8.26. The van der Waals surface area contributed by atoms with Crippen molar-refractivity contribution in [1.29, 1.82) is 0 Å². The summed E-state index contributed by atoms with van der Waals surface area (Å²) in [6, 6.07) is 66.0. The highest BCUT2D eigenvalue weighted by molar-refractivity contribution is 6.17. The summed E-state index contributed by atoms with van der Waals surface area (Å²) in [5.74, 6) is -2.32. The first kappa shape index (κ1) is 32.9. The number of cyclic esters (lactones) is 1. The zero-order chi connectivity index (χ0) is 36.6. The van der Waals surface area contributed by atoms with Gasteiger partial charge in [-0.2, -0.15) is 0 Å². The average molecular weight is 701 g/mol. The molecule has 54 heavy (non-hydrogen) atoms. The monoisotopic (exact) mass is 700 g/mol. The van der Waals surface area contributed by atoms with Crippen molar-refractivity contribution in [2.75, 3.05) is 9.80 Å². The van der Waals surface area contributed by atoms with Crippen LogP contribution in [-0.4, -0.2) is 11.1 Å². The smallest absolute Gasteiger partial charge is 0.341 e. The normalized spacial score (nSPS) is 14.7. The van der Waals surface area contributed by atoms with Crippen LogP contribution in [-0.2, 0) is 10.5 Å². The number of nitrogens with zero attached hydrogens (tertiary/aromatic N) is 2. The van der Waals surface area contributed by atoms with Gasteiger partial charge in [0.1, 0.15) is 0 Å². The van der Waals surface area contributed by atoms with Gasteiger partial charge in [-0.1, -0.05) is 115 Å². The van der Waals surface area contributed by atoms with Gasteiger partial charge in [0.2, 0.25) is 5.79 Å². The zero-order valence-electron chi connectivity index (χ0n) is 29.6. The highest BCUT2D eigenvalue weighted by atomic mass is 16.7. The molecule has 8 aromatic rings. The Labute approximate surface area is 314 Å². The van der Waals surface area contributed by atoms with E-state index < -0.39 is 11.8 Å². The minimum atomic E-state index is -1.77. The Morgan fingerprint density at radius 2 is 0.741 bits per heavy atom. The van der Waals surface area contributed by atoms with Crippen molar-refractivity contribution >= 4 is 50.9 Å². The maximum atomic E-state index is 13.4. The van der Waals surface area contributed by atoms with Crippen LogP contribution in [0.5, 0.6) is 0 Å². The van der Waals surface area contributed by atoms with Gasteiger partial charge in [-0.3, -0.25) is 0 Å². The summed E-state index contributed by atoms with van der Waals surface area (Å²) in [6.45, 7) is 1.53.